The molecular weight excluding hydrogens is 224 g/mol. The number of nitrogens with zero attached hydrogens (tertiary/aromatic N) is 1. The minimum Gasteiger partial charge on any atom is -0.381 e. The van der Waals surface area contributed by atoms with Crippen molar-refractivity contribution >= 4 is 0 Å². The first-order valence-electron chi connectivity index (χ1n) is 7.80. The number of ether oxygens (including phenoxy) is 1. The number of methoxy groups -OCH3 is 1. The molecule has 1 N–H and O–H groups in total. The van der Waals surface area contributed by atoms with Crippen molar-refractivity contribution in [1.29, 1.82) is 0 Å². The number of likely N-dealkylation sites (tertiary alicyclic amines) is 1. The topological polar surface area (TPSA) is 24.5 Å². The number of rotatable bonds is 5. The van der Waals surface area contributed by atoms with Crippen LogP contribution in [0.25, 0.3) is 0 Å². The van der Waals surface area contributed by atoms with Crippen molar-refractivity contribution in [3.63, 3.8) is 0 Å². The number of nitrogens with one attached hydrogen (secondary N) is 1. The van der Waals surface area contributed by atoms with Crippen LogP contribution in [0.5, 0.6) is 0 Å². The van der Waals surface area contributed by atoms with Crippen LogP contribution in [0.2, 0.25) is 0 Å². The number of hydrogen-bond acceptors (Lipinski definition) is 3. The van der Waals surface area contributed by atoms with Crippen molar-refractivity contribution < 1.29 is 4.74 Å². The van der Waals surface area contributed by atoms with Gasteiger partial charge in [0.15, 0.2) is 0 Å². The highest BCUT2D eigenvalue weighted by molar-refractivity contribution is 4.80. The summed E-state index contributed by atoms with van der Waals surface area (Å²) >= 11 is 0. The zero-order valence-corrected chi connectivity index (χ0v) is 12.2. The second kappa shape index (κ2) is 7.46. The molecule has 1 saturated heterocycles. The lowest BCUT2D eigenvalue weighted by atomic mass is 9.95. The SMILES string of the molecule is COC1CCN(CCNC2CCCCC2)C(C)C1. The van der Waals surface area contributed by atoms with Crippen LogP contribution in [0.15, 0.2) is 0 Å². The largest absolute Gasteiger partial charge is 0.381 e. The number of piperidine rings is 1. The quantitative estimate of drug-likeness (QED) is 0.815. The van der Waals surface area contributed by atoms with Gasteiger partial charge in [0.1, 0.15) is 0 Å². The first-order chi connectivity index (χ1) is 8.79. The Bertz CT molecular complexity index is 229. The van der Waals surface area contributed by atoms with E-state index in [0.717, 1.165) is 12.6 Å². The summed E-state index contributed by atoms with van der Waals surface area (Å²) in [6.45, 7) is 5.90. The van der Waals surface area contributed by atoms with Crippen molar-refractivity contribution in [2.75, 3.05) is 26.7 Å². The van der Waals surface area contributed by atoms with Gasteiger partial charge in [0.25, 0.3) is 0 Å². The molecule has 3 nitrogen and oxygen atoms in total. The summed E-state index contributed by atoms with van der Waals surface area (Å²) in [7, 11) is 1.84. The summed E-state index contributed by atoms with van der Waals surface area (Å²) in [5, 5.41) is 3.74. The predicted octanol–water partition coefficient (Wildman–Crippen LogP) is 2.41. The molecule has 3 heteroatoms. The summed E-state index contributed by atoms with van der Waals surface area (Å²) in [5.41, 5.74) is 0. The summed E-state index contributed by atoms with van der Waals surface area (Å²) in [6, 6.07) is 1.47. The molecule has 2 atom stereocenters. The highest BCUT2D eigenvalue weighted by Crippen LogP contribution is 2.19. The molecule has 0 spiro atoms. The molecule has 2 fully saturated rings. The van der Waals surface area contributed by atoms with E-state index < -0.39 is 0 Å². The van der Waals surface area contributed by atoms with Crippen LogP contribution in [-0.2, 0) is 4.74 Å². The van der Waals surface area contributed by atoms with Gasteiger partial charge in [-0.25, -0.2) is 0 Å². The van der Waals surface area contributed by atoms with Crippen molar-refractivity contribution in [1.82, 2.24) is 10.2 Å². The van der Waals surface area contributed by atoms with Crippen LogP contribution in [0.1, 0.15) is 51.9 Å². The van der Waals surface area contributed by atoms with E-state index in [9.17, 15) is 0 Å². The van der Waals surface area contributed by atoms with Crippen molar-refractivity contribution in [3.05, 3.63) is 0 Å². The van der Waals surface area contributed by atoms with E-state index in [4.69, 9.17) is 4.74 Å². The lowest BCUT2D eigenvalue weighted by Crippen LogP contribution is -2.47. The van der Waals surface area contributed by atoms with Gasteiger partial charge in [-0.15, -0.1) is 0 Å². The van der Waals surface area contributed by atoms with Crippen molar-refractivity contribution in [2.24, 2.45) is 0 Å². The lowest BCUT2D eigenvalue weighted by molar-refractivity contribution is 0.0162. The van der Waals surface area contributed by atoms with Gasteiger partial charge < -0.3 is 10.1 Å². The fraction of sp³-hybridized carbons (Fsp3) is 1.00. The molecule has 0 aromatic carbocycles. The lowest BCUT2D eigenvalue weighted by Gasteiger charge is -2.37. The second-order valence-corrected chi connectivity index (χ2v) is 6.06. The molecule has 18 heavy (non-hydrogen) atoms. The fourth-order valence-electron chi connectivity index (χ4n) is 3.44. The molecule has 2 rings (SSSR count). The average molecular weight is 254 g/mol. The maximum absolute atomic E-state index is 5.47. The third-order valence-corrected chi connectivity index (χ3v) is 4.74. The molecule has 106 valence electrons. The molecule has 0 bridgehead atoms. The van der Waals surface area contributed by atoms with E-state index in [2.05, 4.69) is 17.1 Å². The average Bonchev–Trinajstić information content (AvgIpc) is 2.42. The maximum Gasteiger partial charge on any atom is 0.0598 e. The van der Waals surface area contributed by atoms with Gasteiger partial charge in [-0.3, -0.25) is 4.90 Å². The molecule has 0 amide bonds. The standard InChI is InChI=1S/C15H30N2O/c1-13-12-15(18-2)8-10-17(13)11-9-16-14-6-4-3-5-7-14/h13-16H,3-12H2,1-2H3. The van der Waals surface area contributed by atoms with Gasteiger partial charge >= 0.3 is 0 Å². The Hall–Kier alpha value is -0.120. The van der Waals surface area contributed by atoms with E-state index in [1.165, 1.54) is 58.0 Å². The monoisotopic (exact) mass is 254 g/mol. The molecule has 0 aromatic rings. The summed E-state index contributed by atoms with van der Waals surface area (Å²) < 4.78 is 5.47. The molecule has 1 saturated carbocycles. The summed E-state index contributed by atoms with van der Waals surface area (Å²) in [6.07, 6.45) is 9.95. The van der Waals surface area contributed by atoms with Crippen LogP contribution >= 0.6 is 0 Å². The zero-order valence-electron chi connectivity index (χ0n) is 12.2. The Kier molecular flexibility index (Phi) is 5.93. The van der Waals surface area contributed by atoms with Crippen LogP contribution in [0, 0.1) is 0 Å². The van der Waals surface area contributed by atoms with Gasteiger partial charge in [0, 0.05) is 38.8 Å². The minimum atomic E-state index is 0.488. The molecule has 2 unspecified atom stereocenters. The molecule has 1 aliphatic heterocycles. The van der Waals surface area contributed by atoms with E-state index in [0.29, 0.717) is 12.1 Å². The van der Waals surface area contributed by atoms with E-state index >= 15 is 0 Å². The highest BCUT2D eigenvalue weighted by atomic mass is 16.5. The van der Waals surface area contributed by atoms with Gasteiger partial charge in [0.05, 0.1) is 6.10 Å². The molecule has 0 aromatic heterocycles. The Balaban J connectivity index is 1.61. The van der Waals surface area contributed by atoms with Gasteiger partial charge in [0.2, 0.25) is 0 Å². The molecule has 2 aliphatic rings. The number of hydrogen-bond donors (Lipinski definition) is 1. The van der Waals surface area contributed by atoms with E-state index in [1.807, 2.05) is 7.11 Å². The molecule has 1 aliphatic carbocycles. The Morgan fingerprint density at radius 2 is 1.94 bits per heavy atom. The van der Waals surface area contributed by atoms with Crippen LogP contribution < -0.4 is 5.32 Å². The third-order valence-electron chi connectivity index (χ3n) is 4.74. The fourth-order valence-corrected chi connectivity index (χ4v) is 3.44. The smallest absolute Gasteiger partial charge is 0.0598 e. The van der Waals surface area contributed by atoms with Crippen LogP contribution in [0.4, 0.5) is 0 Å². The van der Waals surface area contributed by atoms with Crippen molar-refractivity contribution in [2.45, 2.75) is 70.1 Å². The van der Waals surface area contributed by atoms with E-state index in [1.54, 1.807) is 0 Å². The zero-order chi connectivity index (χ0) is 12.8. The maximum atomic E-state index is 5.47. The van der Waals surface area contributed by atoms with Crippen LogP contribution in [0.3, 0.4) is 0 Å². The van der Waals surface area contributed by atoms with Crippen molar-refractivity contribution in [3.8, 4) is 0 Å². The normalized spacial score (nSPS) is 31.7. The van der Waals surface area contributed by atoms with E-state index in [-0.39, 0.29) is 0 Å². The summed E-state index contributed by atoms with van der Waals surface area (Å²) in [4.78, 5) is 2.62. The Morgan fingerprint density at radius 1 is 1.17 bits per heavy atom. The first kappa shape index (κ1) is 14.3. The van der Waals surface area contributed by atoms with Crippen LogP contribution in [-0.4, -0.2) is 49.8 Å². The Morgan fingerprint density at radius 3 is 2.61 bits per heavy atom. The molecule has 0 radical (unpaired) electrons. The highest BCUT2D eigenvalue weighted by Gasteiger charge is 2.24. The first-order valence-corrected chi connectivity index (χ1v) is 7.80. The molecular formula is C15H30N2O. The molecule has 1 heterocycles. The van der Waals surface area contributed by atoms with Gasteiger partial charge in [-0.2, -0.15) is 0 Å². The minimum absolute atomic E-state index is 0.488. The second-order valence-electron chi connectivity index (χ2n) is 6.06. The van der Waals surface area contributed by atoms with Gasteiger partial charge in [-0.05, 0) is 32.6 Å². The third kappa shape index (κ3) is 4.22. The summed E-state index contributed by atoms with van der Waals surface area (Å²) in [5.74, 6) is 0. The predicted molar refractivity (Wildman–Crippen MR) is 75.9 cm³/mol. The van der Waals surface area contributed by atoms with Gasteiger partial charge in [-0.1, -0.05) is 19.3 Å². The Labute approximate surface area is 112 Å².